The molecule has 2 aromatic carbocycles. The molecule has 0 aliphatic carbocycles. The third kappa shape index (κ3) is 4.51. The summed E-state index contributed by atoms with van der Waals surface area (Å²) in [5.74, 6) is 0.737. The highest BCUT2D eigenvalue weighted by Gasteiger charge is 2.28. The largest absolute Gasteiger partial charge is 0.497 e. The number of methoxy groups -OCH3 is 1. The van der Waals surface area contributed by atoms with E-state index in [9.17, 15) is 13.2 Å². The van der Waals surface area contributed by atoms with Gasteiger partial charge in [0.1, 0.15) is 11.8 Å². The fraction of sp³-hybridized carbons (Fsp3) is 0.316. The number of carbonyl (C=O) groups excluding carboxylic acids is 1. The summed E-state index contributed by atoms with van der Waals surface area (Å²) in [6.45, 7) is 2.27. The number of nitrogens with one attached hydrogen (secondary N) is 2. The van der Waals surface area contributed by atoms with Crippen LogP contribution in [0.15, 0.2) is 48.5 Å². The summed E-state index contributed by atoms with van der Waals surface area (Å²) in [6, 6.07) is 13.7. The summed E-state index contributed by atoms with van der Waals surface area (Å²) < 4.78 is 30.5. The Morgan fingerprint density at radius 1 is 1.07 bits per heavy atom. The molecule has 1 unspecified atom stereocenters. The third-order valence-electron chi connectivity index (χ3n) is 4.39. The standard InChI is InChI=1S/C19H23N3O4S/c1-14(19(23)21-16-6-10-18(26-2)11-7-16)20-15-4-8-17(9-5-15)22-12-3-13-27(22,24)25/h4-11,14,20H,3,12-13H2,1-2H3,(H,21,23). The fourth-order valence-electron chi connectivity index (χ4n) is 2.89. The van der Waals surface area contributed by atoms with Gasteiger partial charge < -0.3 is 15.4 Å². The molecule has 1 aliphatic rings. The Hall–Kier alpha value is -2.74. The second kappa shape index (κ2) is 7.87. The Morgan fingerprint density at radius 3 is 2.26 bits per heavy atom. The number of hydrogen-bond acceptors (Lipinski definition) is 5. The van der Waals surface area contributed by atoms with Crippen molar-refractivity contribution in [1.29, 1.82) is 0 Å². The summed E-state index contributed by atoms with van der Waals surface area (Å²) in [6.07, 6.45) is 0.644. The summed E-state index contributed by atoms with van der Waals surface area (Å²) in [5.41, 5.74) is 2.07. The number of hydrogen-bond donors (Lipinski definition) is 2. The SMILES string of the molecule is COc1ccc(NC(=O)C(C)Nc2ccc(N3CCCS3(=O)=O)cc2)cc1. The number of nitrogens with zero attached hydrogens (tertiary/aromatic N) is 1. The maximum atomic E-state index is 12.3. The van der Waals surface area contributed by atoms with E-state index < -0.39 is 16.1 Å². The minimum Gasteiger partial charge on any atom is -0.497 e. The van der Waals surface area contributed by atoms with Crippen LogP contribution in [0.2, 0.25) is 0 Å². The van der Waals surface area contributed by atoms with Crippen molar-refractivity contribution in [1.82, 2.24) is 0 Å². The van der Waals surface area contributed by atoms with E-state index in [1.165, 1.54) is 4.31 Å². The van der Waals surface area contributed by atoms with E-state index in [2.05, 4.69) is 10.6 Å². The predicted octanol–water partition coefficient (Wildman–Crippen LogP) is 2.67. The Kier molecular flexibility index (Phi) is 5.55. The quantitative estimate of drug-likeness (QED) is 0.793. The van der Waals surface area contributed by atoms with Gasteiger partial charge in [0, 0.05) is 17.9 Å². The second-order valence-electron chi connectivity index (χ2n) is 6.37. The van der Waals surface area contributed by atoms with Crippen molar-refractivity contribution < 1.29 is 17.9 Å². The van der Waals surface area contributed by atoms with Gasteiger partial charge in [-0.15, -0.1) is 0 Å². The molecule has 1 aliphatic heterocycles. The lowest BCUT2D eigenvalue weighted by Crippen LogP contribution is -2.31. The fourth-order valence-corrected chi connectivity index (χ4v) is 4.46. The zero-order valence-electron chi connectivity index (χ0n) is 15.3. The molecule has 0 saturated carbocycles. The molecular formula is C19H23N3O4S. The monoisotopic (exact) mass is 389 g/mol. The van der Waals surface area contributed by atoms with Gasteiger partial charge in [-0.1, -0.05) is 0 Å². The Morgan fingerprint density at radius 2 is 1.70 bits per heavy atom. The van der Waals surface area contributed by atoms with Crippen LogP contribution in [0.25, 0.3) is 0 Å². The molecule has 1 saturated heterocycles. The molecule has 1 heterocycles. The first-order chi connectivity index (χ1) is 12.9. The first-order valence-electron chi connectivity index (χ1n) is 8.71. The van der Waals surface area contributed by atoms with Gasteiger partial charge >= 0.3 is 0 Å². The summed E-state index contributed by atoms with van der Waals surface area (Å²) in [5, 5.41) is 5.95. The lowest BCUT2D eigenvalue weighted by molar-refractivity contribution is -0.116. The van der Waals surface area contributed by atoms with Crippen LogP contribution in [0.3, 0.4) is 0 Å². The first kappa shape index (κ1) is 19.0. The smallest absolute Gasteiger partial charge is 0.246 e. The van der Waals surface area contributed by atoms with E-state index >= 15 is 0 Å². The number of benzene rings is 2. The van der Waals surface area contributed by atoms with E-state index in [0.29, 0.717) is 24.3 Å². The Bertz CT molecular complexity index is 896. The van der Waals surface area contributed by atoms with E-state index in [1.54, 1.807) is 62.6 Å². The molecule has 0 radical (unpaired) electrons. The Labute approximate surface area is 159 Å². The van der Waals surface area contributed by atoms with Gasteiger partial charge in [-0.05, 0) is 61.9 Å². The zero-order chi connectivity index (χ0) is 19.4. The number of anilines is 3. The minimum atomic E-state index is -3.19. The van der Waals surface area contributed by atoms with Crippen molar-refractivity contribution in [2.75, 3.05) is 34.3 Å². The number of rotatable bonds is 6. The minimum absolute atomic E-state index is 0.175. The molecule has 144 valence electrons. The molecule has 3 rings (SSSR count). The lowest BCUT2D eigenvalue weighted by Gasteiger charge is -2.19. The molecule has 7 nitrogen and oxygen atoms in total. The highest BCUT2D eigenvalue weighted by atomic mass is 32.2. The first-order valence-corrected chi connectivity index (χ1v) is 10.3. The highest BCUT2D eigenvalue weighted by molar-refractivity contribution is 7.93. The molecule has 2 aromatic rings. The summed E-state index contributed by atoms with van der Waals surface area (Å²) in [4.78, 5) is 12.3. The number of carbonyl (C=O) groups is 1. The summed E-state index contributed by atoms with van der Waals surface area (Å²) in [7, 11) is -1.60. The molecule has 1 amide bonds. The van der Waals surface area contributed by atoms with Crippen molar-refractivity contribution in [2.45, 2.75) is 19.4 Å². The van der Waals surface area contributed by atoms with Gasteiger partial charge in [0.05, 0.1) is 18.6 Å². The molecule has 0 aromatic heterocycles. The van der Waals surface area contributed by atoms with Crippen LogP contribution in [0.4, 0.5) is 17.1 Å². The average molecular weight is 389 g/mol. The van der Waals surface area contributed by atoms with E-state index in [-0.39, 0.29) is 11.7 Å². The van der Waals surface area contributed by atoms with Crippen molar-refractivity contribution in [3.8, 4) is 5.75 Å². The number of ether oxygens (including phenoxy) is 1. The maximum absolute atomic E-state index is 12.3. The van der Waals surface area contributed by atoms with Crippen LogP contribution in [0, 0.1) is 0 Å². The molecule has 1 atom stereocenters. The molecule has 8 heteroatoms. The predicted molar refractivity (Wildman–Crippen MR) is 107 cm³/mol. The second-order valence-corrected chi connectivity index (χ2v) is 8.39. The Balaban J connectivity index is 1.59. The lowest BCUT2D eigenvalue weighted by atomic mass is 10.2. The van der Waals surface area contributed by atoms with E-state index in [4.69, 9.17) is 4.74 Å². The molecule has 0 bridgehead atoms. The normalized spacial score (nSPS) is 16.6. The van der Waals surface area contributed by atoms with Gasteiger partial charge in [-0.3, -0.25) is 9.10 Å². The van der Waals surface area contributed by atoms with Crippen molar-refractivity contribution in [3.05, 3.63) is 48.5 Å². The van der Waals surface area contributed by atoms with Crippen molar-refractivity contribution in [3.63, 3.8) is 0 Å². The molecular weight excluding hydrogens is 366 g/mol. The van der Waals surface area contributed by atoms with Crippen LogP contribution < -0.4 is 19.7 Å². The van der Waals surface area contributed by atoms with Crippen LogP contribution in [-0.2, 0) is 14.8 Å². The van der Waals surface area contributed by atoms with Crippen LogP contribution in [0.5, 0.6) is 5.75 Å². The van der Waals surface area contributed by atoms with Crippen LogP contribution in [-0.4, -0.2) is 39.8 Å². The van der Waals surface area contributed by atoms with Gasteiger partial charge in [-0.2, -0.15) is 0 Å². The number of sulfonamides is 1. The average Bonchev–Trinajstić information content (AvgIpc) is 3.02. The third-order valence-corrected chi connectivity index (χ3v) is 6.26. The topological polar surface area (TPSA) is 87.7 Å². The summed E-state index contributed by atoms with van der Waals surface area (Å²) >= 11 is 0. The molecule has 27 heavy (non-hydrogen) atoms. The number of amides is 1. The van der Waals surface area contributed by atoms with E-state index in [0.717, 1.165) is 11.4 Å². The van der Waals surface area contributed by atoms with Gasteiger partial charge in [0.15, 0.2) is 0 Å². The molecule has 0 spiro atoms. The van der Waals surface area contributed by atoms with Crippen LogP contribution >= 0.6 is 0 Å². The van der Waals surface area contributed by atoms with Crippen molar-refractivity contribution >= 4 is 33.0 Å². The zero-order valence-corrected chi connectivity index (χ0v) is 16.1. The van der Waals surface area contributed by atoms with Gasteiger partial charge in [0.25, 0.3) is 0 Å². The molecule has 2 N–H and O–H groups in total. The molecule has 1 fully saturated rings. The maximum Gasteiger partial charge on any atom is 0.246 e. The van der Waals surface area contributed by atoms with Gasteiger partial charge in [0.2, 0.25) is 15.9 Å². The van der Waals surface area contributed by atoms with E-state index in [1.807, 2.05) is 0 Å². The van der Waals surface area contributed by atoms with Gasteiger partial charge in [-0.25, -0.2) is 8.42 Å². The van der Waals surface area contributed by atoms with Crippen LogP contribution in [0.1, 0.15) is 13.3 Å². The highest BCUT2D eigenvalue weighted by Crippen LogP contribution is 2.25. The van der Waals surface area contributed by atoms with Crippen molar-refractivity contribution in [2.24, 2.45) is 0 Å².